The molecular formula is C15H19N3. The molecule has 0 aliphatic rings. The van der Waals surface area contributed by atoms with E-state index in [0.29, 0.717) is 5.69 Å². The van der Waals surface area contributed by atoms with Gasteiger partial charge in [0.15, 0.2) is 0 Å². The number of nitrogens with one attached hydrogen (secondary N) is 1. The van der Waals surface area contributed by atoms with Gasteiger partial charge in [0.25, 0.3) is 0 Å². The number of pyridine rings is 1. The lowest BCUT2D eigenvalue weighted by atomic mass is 9.84. The van der Waals surface area contributed by atoms with Gasteiger partial charge in [-0.1, -0.05) is 44.2 Å². The van der Waals surface area contributed by atoms with E-state index in [0.717, 1.165) is 12.4 Å². The highest BCUT2D eigenvalue weighted by atomic mass is 15.0. The number of hydrogen-bond donors (Lipinski definition) is 2. The van der Waals surface area contributed by atoms with Crippen LogP contribution in [-0.4, -0.2) is 11.5 Å². The van der Waals surface area contributed by atoms with Crippen LogP contribution in [0.1, 0.15) is 19.4 Å². The molecule has 0 unspecified atom stereocenters. The zero-order valence-corrected chi connectivity index (χ0v) is 10.9. The number of hydrogen-bond acceptors (Lipinski definition) is 3. The molecule has 3 nitrogen and oxygen atoms in total. The molecule has 0 saturated carbocycles. The topological polar surface area (TPSA) is 50.9 Å². The van der Waals surface area contributed by atoms with E-state index in [1.807, 2.05) is 18.2 Å². The fraction of sp³-hybridized carbons (Fsp3) is 0.267. The number of benzene rings is 1. The van der Waals surface area contributed by atoms with Gasteiger partial charge in [-0.15, -0.1) is 0 Å². The van der Waals surface area contributed by atoms with Crippen LogP contribution < -0.4 is 11.1 Å². The van der Waals surface area contributed by atoms with Gasteiger partial charge >= 0.3 is 0 Å². The van der Waals surface area contributed by atoms with Crippen LogP contribution in [0.4, 0.5) is 11.5 Å². The molecular weight excluding hydrogens is 222 g/mol. The van der Waals surface area contributed by atoms with Gasteiger partial charge < -0.3 is 11.1 Å². The third-order valence-electron chi connectivity index (χ3n) is 3.09. The summed E-state index contributed by atoms with van der Waals surface area (Å²) in [4.78, 5) is 4.24. The minimum Gasteiger partial charge on any atom is -0.396 e. The number of nitrogens with zero attached hydrogens (tertiary/aromatic N) is 1. The van der Waals surface area contributed by atoms with Crippen molar-refractivity contribution in [2.45, 2.75) is 19.3 Å². The van der Waals surface area contributed by atoms with Crippen molar-refractivity contribution in [3.63, 3.8) is 0 Å². The molecule has 0 saturated heterocycles. The zero-order valence-electron chi connectivity index (χ0n) is 10.9. The third-order valence-corrected chi connectivity index (χ3v) is 3.09. The first-order valence-electron chi connectivity index (χ1n) is 6.09. The van der Waals surface area contributed by atoms with E-state index in [-0.39, 0.29) is 5.41 Å². The molecule has 0 fully saturated rings. The van der Waals surface area contributed by atoms with E-state index in [1.165, 1.54) is 5.56 Å². The van der Waals surface area contributed by atoms with Crippen LogP contribution in [-0.2, 0) is 5.41 Å². The van der Waals surface area contributed by atoms with E-state index in [2.05, 4.69) is 48.4 Å². The molecule has 0 amide bonds. The molecule has 0 aliphatic carbocycles. The third kappa shape index (κ3) is 2.80. The summed E-state index contributed by atoms with van der Waals surface area (Å²) in [6.07, 6.45) is 1.74. The molecule has 2 aromatic rings. The van der Waals surface area contributed by atoms with Crippen molar-refractivity contribution < 1.29 is 0 Å². The molecule has 18 heavy (non-hydrogen) atoms. The Morgan fingerprint density at radius 2 is 1.83 bits per heavy atom. The Morgan fingerprint density at radius 1 is 1.11 bits per heavy atom. The number of aromatic nitrogens is 1. The Balaban J connectivity index is 2.08. The lowest BCUT2D eigenvalue weighted by molar-refractivity contribution is 0.556. The van der Waals surface area contributed by atoms with Gasteiger partial charge in [0.2, 0.25) is 0 Å². The summed E-state index contributed by atoms with van der Waals surface area (Å²) >= 11 is 0. The van der Waals surface area contributed by atoms with Crippen molar-refractivity contribution in [1.82, 2.24) is 4.98 Å². The van der Waals surface area contributed by atoms with Gasteiger partial charge in [0, 0.05) is 18.2 Å². The predicted molar refractivity (Wildman–Crippen MR) is 76.6 cm³/mol. The quantitative estimate of drug-likeness (QED) is 0.865. The minimum atomic E-state index is 0.0330. The maximum atomic E-state index is 5.86. The largest absolute Gasteiger partial charge is 0.396 e. The van der Waals surface area contributed by atoms with Gasteiger partial charge in [-0.05, 0) is 17.7 Å². The Labute approximate surface area is 108 Å². The summed E-state index contributed by atoms with van der Waals surface area (Å²) in [6.45, 7) is 5.20. The van der Waals surface area contributed by atoms with Crippen molar-refractivity contribution >= 4 is 11.5 Å². The molecule has 0 spiro atoms. The zero-order chi connectivity index (χ0) is 13.0. The molecule has 2 rings (SSSR count). The summed E-state index contributed by atoms with van der Waals surface area (Å²) < 4.78 is 0. The molecule has 94 valence electrons. The Hall–Kier alpha value is -2.03. The van der Waals surface area contributed by atoms with Crippen LogP contribution >= 0.6 is 0 Å². The summed E-state index contributed by atoms with van der Waals surface area (Å²) in [7, 11) is 0. The van der Waals surface area contributed by atoms with Gasteiger partial charge in [0.1, 0.15) is 5.82 Å². The van der Waals surface area contributed by atoms with Crippen molar-refractivity contribution in [3.05, 3.63) is 54.2 Å². The maximum Gasteiger partial charge on any atom is 0.149 e. The van der Waals surface area contributed by atoms with Gasteiger partial charge in [-0.2, -0.15) is 0 Å². The lowest BCUT2D eigenvalue weighted by Crippen LogP contribution is -2.28. The Kier molecular flexibility index (Phi) is 3.51. The first-order chi connectivity index (χ1) is 8.59. The number of nitrogen functional groups attached to an aromatic ring is 1. The Bertz CT molecular complexity index is 506. The van der Waals surface area contributed by atoms with E-state index in [4.69, 9.17) is 5.73 Å². The summed E-state index contributed by atoms with van der Waals surface area (Å²) in [5, 5.41) is 3.32. The molecule has 3 N–H and O–H groups in total. The molecule has 0 atom stereocenters. The second-order valence-corrected chi connectivity index (χ2v) is 5.04. The normalized spacial score (nSPS) is 11.2. The summed E-state index contributed by atoms with van der Waals surface area (Å²) in [5.74, 6) is 0.751. The predicted octanol–water partition coefficient (Wildman–Crippen LogP) is 3.05. The molecule has 1 aromatic carbocycles. The average molecular weight is 241 g/mol. The first kappa shape index (κ1) is 12.4. The van der Waals surface area contributed by atoms with Crippen molar-refractivity contribution in [2.75, 3.05) is 17.6 Å². The Morgan fingerprint density at radius 3 is 2.50 bits per heavy atom. The highest BCUT2D eigenvalue weighted by molar-refractivity contribution is 5.60. The molecule has 3 heteroatoms. The highest BCUT2D eigenvalue weighted by Crippen LogP contribution is 2.24. The van der Waals surface area contributed by atoms with Crippen LogP contribution in [0.25, 0.3) is 0 Å². The van der Waals surface area contributed by atoms with E-state index in [1.54, 1.807) is 6.20 Å². The van der Waals surface area contributed by atoms with Gasteiger partial charge in [-0.25, -0.2) is 4.98 Å². The lowest BCUT2D eigenvalue weighted by Gasteiger charge is -2.26. The minimum absolute atomic E-state index is 0.0330. The molecule has 0 bridgehead atoms. The van der Waals surface area contributed by atoms with Crippen LogP contribution in [0.15, 0.2) is 48.7 Å². The van der Waals surface area contributed by atoms with Gasteiger partial charge in [-0.3, -0.25) is 0 Å². The second kappa shape index (κ2) is 5.08. The monoisotopic (exact) mass is 241 g/mol. The number of anilines is 2. The summed E-state index contributed by atoms with van der Waals surface area (Å²) in [6, 6.07) is 14.1. The van der Waals surface area contributed by atoms with Crippen molar-refractivity contribution in [3.8, 4) is 0 Å². The number of rotatable bonds is 4. The van der Waals surface area contributed by atoms with E-state index in [9.17, 15) is 0 Å². The van der Waals surface area contributed by atoms with Crippen LogP contribution in [0.2, 0.25) is 0 Å². The SMILES string of the molecule is CC(C)(CNc1ncccc1N)c1ccccc1. The fourth-order valence-corrected chi connectivity index (χ4v) is 1.86. The summed E-state index contributed by atoms with van der Waals surface area (Å²) in [5.41, 5.74) is 7.88. The smallest absolute Gasteiger partial charge is 0.149 e. The standard InChI is InChI=1S/C15H19N3/c1-15(2,12-7-4-3-5-8-12)11-18-14-13(16)9-6-10-17-14/h3-10H,11,16H2,1-2H3,(H,17,18). The van der Waals surface area contributed by atoms with Crippen LogP contribution in [0.3, 0.4) is 0 Å². The number of nitrogens with two attached hydrogens (primary N) is 1. The van der Waals surface area contributed by atoms with Crippen molar-refractivity contribution in [2.24, 2.45) is 0 Å². The van der Waals surface area contributed by atoms with E-state index < -0.39 is 0 Å². The second-order valence-electron chi connectivity index (χ2n) is 5.04. The van der Waals surface area contributed by atoms with Crippen LogP contribution in [0, 0.1) is 0 Å². The molecule has 0 radical (unpaired) electrons. The molecule has 0 aliphatic heterocycles. The molecule has 1 aromatic heterocycles. The van der Waals surface area contributed by atoms with E-state index >= 15 is 0 Å². The highest BCUT2D eigenvalue weighted by Gasteiger charge is 2.20. The molecule has 1 heterocycles. The van der Waals surface area contributed by atoms with Gasteiger partial charge in [0.05, 0.1) is 5.69 Å². The fourth-order valence-electron chi connectivity index (χ4n) is 1.86. The average Bonchev–Trinajstić information content (AvgIpc) is 2.39. The maximum absolute atomic E-state index is 5.86. The first-order valence-corrected chi connectivity index (χ1v) is 6.09. The van der Waals surface area contributed by atoms with Crippen molar-refractivity contribution in [1.29, 1.82) is 0 Å². The van der Waals surface area contributed by atoms with Crippen LogP contribution in [0.5, 0.6) is 0 Å².